The monoisotopic (exact) mass is 268 g/mol. The molecule has 0 aromatic carbocycles. The van der Waals surface area contributed by atoms with E-state index in [1.807, 2.05) is 13.8 Å². The summed E-state index contributed by atoms with van der Waals surface area (Å²) >= 11 is 0. The van der Waals surface area contributed by atoms with Crippen molar-refractivity contribution in [2.24, 2.45) is 25.7 Å². The minimum absolute atomic E-state index is 0.117. The zero-order valence-corrected chi connectivity index (χ0v) is 12.6. The maximum Gasteiger partial charge on any atom is 0.0971 e. The van der Waals surface area contributed by atoms with Crippen LogP contribution in [-0.4, -0.2) is 46.4 Å². The number of oxime groups is 2. The third-order valence-corrected chi connectivity index (χ3v) is 2.84. The molecule has 0 aromatic rings. The summed E-state index contributed by atoms with van der Waals surface area (Å²) in [7, 11) is 0. The summed E-state index contributed by atoms with van der Waals surface area (Å²) in [4.78, 5) is 8.77. The third kappa shape index (κ3) is 6.69. The molecular formula is C13H24N4O2. The van der Waals surface area contributed by atoms with Crippen LogP contribution < -0.4 is 0 Å². The first-order valence-corrected chi connectivity index (χ1v) is 6.13. The van der Waals surface area contributed by atoms with Crippen LogP contribution in [0.15, 0.2) is 20.3 Å². The molecule has 2 N–H and O–H groups in total. The molecular weight excluding hydrogens is 244 g/mol. The van der Waals surface area contributed by atoms with Crippen molar-refractivity contribution >= 4 is 22.8 Å². The highest BCUT2D eigenvalue weighted by Gasteiger charge is 2.17. The lowest BCUT2D eigenvalue weighted by Gasteiger charge is -2.20. The van der Waals surface area contributed by atoms with E-state index >= 15 is 0 Å². The Kier molecular flexibility index (Phi) is 6.96. The molecule has 19 heavy (non-hydrogen) atoms. The van der Waals surface area contributed by atoms with Gasteiger partial charge in [-0.25, -0.2) is 0 Å². The molecule has 108 valence electrons. The number of rotatable bonds is 6. The Morgan fingerprint density at radius 2 is 1.05 bits per heavy atom. The van der Waals surface area contributed by atoms with Crippen LogP contribution in [0.5, 0.6) is 0 Å². The first-order chi connectivity index (χ1) is 8.73. The average Bonchev–Trinajstić information content (AvgIpc) is 2.40. The van der Waals surface area contributed by atoms with Crippen molar-refractivity contribution in [1.82, 2.24) is 0 Å². The maximum atomic E-state index is 8.65. The molecule has 0 spiro atoms. The van der Waals surface area contributed by atoms with Gasteiger partial charge in [-0.1, -0.05) is 24.2 Å². The van der Waals surface area contributed by atoms with Gasteiger partial charge in [-0.2, -0.15) is 0 Å². The first-order valence-electron chi connectivity index (χ1n) is 6.13. The molecule has 6 nitrogen and oxygen atoms in total. The van der Waals surface area contributed by atoms with E-state index in [1.54, 1.807) is 13.8 Å². The van der Waals surface area contributed by atoms with Crippen LogP contribution in [-0.2, 0) is 0 Å². The van der Waals surface area contributed by atoms with Crippen LogP contribution in [0, 0.1) is 5.41 Å². The van der Waals surface area contributed by atoms with Crippen molar-refractivity contribution in [1.29, 1.82) is 0 Å². The van der Waals surface area contributed by atoms with Gasteiger partial charge in [0, 0.05) is 18.5 Å². The molecule has 0 atom stereocenters. The van der Waals surface area contributed by atoms with Gasteiger partial charge in [0.05, 0.1) is 22.8 Å². The zero-order valence-electron chi connectivity index (χ0n) is 12.6. The van der Waals surface area contributed by atoms with E-state index in [-0.39, 0.29) is 5.41 Å². The highest BCUT2D eigenvalue weighted by Crippen LogP contribution is 2.16. The minimum atomic E-state index is -0.117. The SMILES string of the molecule is CC(=N\O)/C(C)=N/CC(C)(C)C/N=C(C)/C(C)=N/O. The van der Waals surface area contributed by atoms with Gasteiger partial charge in [-0.3, -0.25) is 9.98 Å². The summed E-state index contributed by atoms with van der Waals surface area (Å²) < 4.78 is 0. The highest BCUT2D eigenvalue weighted by atomic mass is 16.4. The summed E-state index contributed by atoms with van der Waals surface area (Å²) in [6.07, 6.45) is 0. The largest absolute Gasteiger partial charge is 0.411 e. The normalized spacial score (nSPS) is 15.9. The van der Waals surface area contributed by atoms with Gasteiger partial charge in [0.25, 0.3) is 0 Å². The molecule has 0 radical (unpaired) electrons. The molecule has 0 heterocycles. The molecule has 0 bridgehead atoms. The molecule has 0 aliphatic heterocycles. The zero-order chi connectivity index (χ0) is 15.1. The van der Waals surface area contributed by atoms with Gasteiger partial charge in [-0.05, 0) is 27.7 Å². The van der Waals surface area contributed by atoms with Gasteiger partial charge in [-0.15, -0.1) is 0 Å². The van der Waals surface area contributed by atoms with E-state index in [0.29, 0.717) is 35.9 Å². The summed E-state index contributed by atoms with van der Waals surface area (Å²) in [5, 5.41) is 23.5. The Bertz CT molecular complexity index is 382. The Labute approximate surface area is 114 Å². The fourth-order valence-corrected chi connectivity index (χ4v) is 1.09. The van der Waals surface area contributed by atoms with Crippen LogP contribution in [0.4, 0.5) is 0 Å². The van der Waals surface area contributed by atoms with Crippen molar-refractivity contribution in [2.75, 3.05) is 13.1 Å². The van der Waals surface area contributed by atoms with Gasteiger partial charge in [0.1, 0.15) is 0 Å². The quantitative estimate of drug-likeness (QED) is 0.440. The van der Waals surface area contributed by atoms with Crippen LogP contribution in [0.25, 0.3) is 0 Å². The number of hydrogen-bond donors (Lipinski definition) is 2. The lowest BCUT2D eigenvalue weighted by atomic mass is 9.93. The van der Waals surface area contributed by atoms with Crippen LogP contribution in [0.3, 0.4) is 0 Å². The Balaban J connectivity index is 4.66. The smallest absolute Gasteiger partial charge is 0.0971 e. The van der Waals surface area contributed by atoms with Crippen molar-refractivity contribution in [3.8, 4) is 0 Å². The standard InChI is InChI=1S/C13H24N4O2/c1-9(11(3)16-18)14-7-13(5,6)8-15-10(2)12(4)17-19/h18-19H,7-8H2,1-6H3/b14-9+,15-10+,16-11+,17-12+. The number of aliphatic imine (C=N–C) groups is 2. The molecule has 0 rings (SSSR count). The molecule has 0 aliphatic rings. The lowest BCUT2D eigenvalue weighted by molar-refractivity contribution is 0.319. The maximum absolute atomic E-state index is 8.65. The van der Waals surface area contributed by atoms with Crippen molar-refractivity contribution in [3.05, 3.63) is 0 Å². The molecule has 0 saturated heterocycles. The fourth-order valence-electron chi connectivity index (χ4n) is 1.09. The second-order valence-corrected chi connectivity index (χ2v) is 5.34. The topological polar surface area (TPSA) is 89.9 Å². The fraction of sp³-hybridized carbons (Fsp3) is 0.692. The van der Waals surface area contributed by atoms with Gasteiger partial charge >= 0.3 is 0 Å². The van der Waals surface area contributed by atoms with E-state index in [2.05, 4.69) is 34.1 Å². The second kappa shape index (κ2) is 7.66. The summed E-state index contributed by atoms with van der Waals surface area (Å²) in [6.45, 7) is 12.3. The predicted octanol–water partition coefficient (Wildman–Crippen LogP) is 2.63. The van der Waals surface area contributed by atoms with Crippen LogP contribution in [0.1, 0.15) is 41.5 Å². The van der Waals surface area contributed by atoms with Gasteiger partial charge in [0.2, 0.25) is 0 Å². The van der Waals surface area contributed by atoms with E-state index in [1.165, 1.54) is 0 Å². The molecule has 0 aliphatic carbocycles. The highest BCUT2D eigenvalue weighted by molar-refractivity contribution is 6.40. The number of nitrogens with zero attached hydrogens (tertiary/aromatic N) is 4. The molecule has 0 amide bonds. The van der Waals surface area contributed by atoms with Gasteiger partial charge in [0.15, 0.2) is 0 Å². The first kappa shape index (κ1) is 17.3. The van der Waals surface area contributed by atoms with E-state index in [9.17, 15) is 0 Å². The van der Waals surface area contributed by atoms with Crippen LogP contribution in [0.2, 0.25) is 0 Å². The average molecular weight is 268 g/mol. The molecule has 0 unspecified atom stereocenters. The molecule has 0 saturated carbocycles. The Hall–Kier alpha value is -1.72. The Morgan fingerprint density at radius 3 is 1.32 bits per heavy atom. The van der Waals surface area contributed by atoms with Crippen molar-refractivity contribution in [3.63, 3.8) is 0 Å². The lowest BCUT2D eigenvalue weighted by Crippen LogP contribution is -2.23. The van der Waals surface area contributed by atoms with E-state index < -0.39 is 0 Å². The van der Waals surface area contributed by atoms with Crippen LogP contribution >= 0.6 is 0 Å². The molecule has 6 heteroatoms. The summed E-state index contributed by atoms with van der Waals surface area (Å²) in [5.74, 6) is 0. The molecule has 0 aromatic heterocycles. The third-order valence-electron chi connectivity index (χ3n) is 2.84. The second-order valence-electron chi connectivity index (χ2n) is 5.34. The molecule has 0 fully saturated rings. The van der Waals surface area contributed by atoms with E-state index in [4.69, 9.17) is 10.4 Å². The minimum Gasteiger partial charge on any atom is -0.411 e. The van der Waals surface area contributed by atoms with Gasteiger partial charge < -0.3 is 10.4 Å². The van der Waals surface area contributed by atoms with Crippen molar-refractivity contribution in [2.45, 2.75) is 41.5 Å². The van der Waals surface area contributed by atoms with Crippen molar-refractivity contribution < 1.29 is 10.4 Å². The Morgan fingerprint density at radius 1 is 0.737 bits per heavy atom. The van der Waals surface area contributed by atoms with E-state index in [0.717, 1.165) is 0 Å². The summed E-state index contributed by atoms with van der Waals surface area (Å²) in [5.41, 5.74) is 2.33. The predicted molar refractivity (Wildman–Crippen MR) is 79.5 cm³/mol. The number of hydrogen-bond acceptors (Lipinski definition) is 6. The summed E-state index contributed by atoms with van der Waals surface area (Å²) in [6, 6.07) is 0.